The van der Waals surface area contributed by atoms with E-state index >= 15 is 0 Å². The van der Waals surface area contributed by atoms with Crippen LogP contribution in [0.15, 0.2) is 22.7 Å². The Hall–Kier alpha value is -1.56. The number of rotatable bonds is 6. The number of halogens is 1. The lowest BCUT2D eigenvalue weighted by molar-refractivity contribution is -0.123. The summed E-state index contributed by atoms with van der Waals surface area (Å²) in [5.74, 6) is 0.563. The number of esters is 1. The second kappa shape index (κ2) is 6.93. The van der Waals surface area contributed by atoms with Gasteiger partial charge >= 0.3 is 5.97 Å². The topological polar surface area (TPSA) is 64.6 Å². The van der Waals surface area contributed by atoms with Gasteiger partial charge < -0.3 is 14.8 Å². The summed E-state index contributed by atoms with van der Waals surface area (Å²) in [6.07, 6.45) is 2.37. The second-order valence-electron chi connectivity index (χ2n) is 5.12. The molecule has 6 heteroatoms. The van der Waals surface area contributed by atoms with Crippen LogP contribution in [0.5, 0.6) is 5.75 Å². The van der Waals surface area contributed by atoms with Gasteiger partial charge in [-0.3, -0.25) is 4.79 Å². The number of amides is 1. The van der Waals surface area contributed by atoms with Crippen molar-refractivity contribution in [3.8, 4) is 5.75 Å². The molecular formula is C15H18BrNO4. The minimum Gasteiger partial charge on any atom is -0.483 e. The average Bonchev–Trinajstić information content (AvgIpc) is 3.29. The lowest BCUT2D eigenvalue weighted by atomic mass is 10.2. The predicted octanol–water partition coefficient (Wildman–Crippen LogP) is 2.53. The van der Waals surface area contributed by atoms with Crippen LogP contribution in [0, 0.1) is 5.92 Å². The van der Waals surface area contributed by atoms with Gasteiger partial charge in [-0.05, 0) is 59.8 Å². The standard InChI is InChI=1S/C15H18BrNO4/c1-9(10-3-4-10)17-14(18)8-21-13-6-5-11(7-12(13)16)15(19)20-2/h5-7,9-10H,3-4,8H2,1-2H3,(H,17,18)/t9-/m1/s1. The zero-order valence-electron chi connectivity index (χ0n) is 12.0. The van der Waals surface area contributed by atoms with Gasteiger partial charge in [-0.25, -0.2) is 4.79 Å². The van der Waals surface area contributed by atoms with Gasteiger partial charge in [0.25, 0.3) is 5.91 Å². The van der Waals surface area contributed by atoms with Crippen LogP contribution in [0.25, 0.3) is 0 Å². The molecule has 1 N–H and O–H groups in total. The third-order valence-corrected chi connectivity index (χ3v) is 4.05. The van der Waals surface area contributed by atoms with Crippen molar-refractivity contribution in [1.82, 2.24) is 5.32 Å². The molecule has 1 aliphatic carbocycles. The van der Waals surface area contributed by atoms with Crippen molar-refractivity contribution >= 4 is 27.8 Å². The molecule has 0 saturated heterocycles. The monoisotopic (exact) mass is 355 g/mol. The molecule has 0 aromatic heterocycles. The van der Waals surface area contributed by atoms with Gasteiger partial charge in [0.05, 0.1) is 17.1 Å². The normalized spacial score (nSPS) is 15.2. The molecule has 0 spiro atoms. The first-order valence-corrected chi connectivity index (χ1v) is 7.60. The first kappa shape index (κ1) is 15.8. The van der Waals surface area contributed by atoms with Gasteiger partial charge in [0.2, 0.25) is 0 Å². The van der Waals surface area contributed by atoms with E-state index in [-0.39, 0.29) is 18.6 Å². The quantitative estimate of drug-likeness (QED) is 0.796. The van der Waals surface area contributed by atoms with E-state index in [1.54, 1.807) is 18.2 Å². The molecule has 0 unspecified atom stereocenters. The zero-order valence-corrected chi connectivity index (χ0v) is 13.6. The van der Waals surface area contributed by atoms with Crippen LogP contribution in [0.2, 0.25) is 0 Å². The zero-order chi connectivity index (χ0) is 15.4. The number of benzene rings is 1. The molecule has 1 aliphatic rings. The van der Waals surface area contributed by atoms with E-state index in [4.69, 9.17) is 4.74 Å². The van der Waals surface area contributed by atoms with E-state index in [1.165, 1.54) is 20.0 Å². The predicted molar refractivity (Wildman–Crippen MR) is 81.3 cm³/mol. The van der Waals surface area contributed by atoms with E-state index in [2.05, 4.69) is 26.0 Å². The van der Waals surface area contributed by atoms with Crippen LogP contribution in [0.1, 0.15) is 30.1 Å². The molecule has 114 valence electrons. The van der Waals surface area contributed by atoms with Crippen LogP contribution in [-0.2, 0) is 9.53 Å². The van der Waals surface area contributed by atoms with Crippen molar-refractivity contribution in [2.24, 2.45) is 5.92 Å². The van der Waals surface area contributed by atoms with Crippen molar-refractivity contribution < 1.29 is 19.1 Å². The van der Waals surface area contributed by atoms with Crippen LogP contribution >= 0.6 is 15.9 Å². The molecule has 1 aromatic carbocycles. The summed E-state index contributed by atoms with van der Waals surface area (Å²) < 4.78 is 10.7. The fourth-order valence-corrected chi connectivity index (χ4v) is 2.51. The Labute approximate surface area is 132 Å². The fraction of sp³-hybridized carbons (Fsp3) is 0.467. The number of hydrogen-bond acceptors (Lipinski definition) is 4. The highest BCUT2D eigenvalue weighted by Crippen LogP contribution is 2.32. The lowest BCUT2D eigenvalue weighted by Crippen LogP contribution is -2.37. The molecule has 1 fully saturated rings. The van der Waals surface area contributed by atoms with Gasteiger partial charge in [0.1, 0.15) is 5.75 Å². The van der Waals surface area contributed by atoms with Gasteiger partial charge in [-0.2, -0.15) is 0 Å². The van der Waals surface area contributed by atoms with Crippen molar-refractivity contribution in [2.75, 3.05) is 13.7 Å². The van der Waals surface area contributed by atoms with Crippen LogP contribution in [-0.4, -0.2) is 31.6 Å². The molecule has 21 heavy (non-hydrogen) atoms. The maximum absolute atomic E-state index is 11.8. The highest BCUT2D eigenvalue weighted by Gasteiger charge is 2.28. The minimum atomic E-state index is -0.418. The summed E-state index contributed by atoms with van der Waals surface area (Å²) in [6, 6.07) is 5.03. The summed E-state index contributed by atoms with van der Waals surface area (Å²) in [7, 11) is 1.33. The molecule has 5 nitrogen and oxygen atoms in total. The van der Waals surface area contributed by atoms with E-state index < -0.39 is 5.97 Å². The number of hydrogen-bond donors (Lipinski definition) is 1. The number of methoxy groups -OCH3 is 1. The summed E-state index contributed by atoms with van der Waals surface area (Å²) in [5.41, 5.74) is 0.420. The van der Waals surface area contributed by atoms with Gasteiger partial charge in [-0.15, -0.1) is 0 Å². The van der Waals surface area contributed by atoms with Crippen LogP contribution < -0.4 is 10.1 Å². The molecule has 1 amide bonds. The molecule has 2 rings (SSSR count). The van der Waals surface area contributed by atoms with E-state index in [0.717, 1.165) is 0 Å². The van der Waals surface area contributed by atoms with E-state index in [1.807, 2.05) is 6.92 Å². The molecule has 0 radical (unpaired) electrons. The second-order valence-corrected chi connectivity index (χ2v) is 5.97. The minimum absolute atomic E-state index is 0.0484. The summed E-state index contributed by atoms with van der Waals surface area (Å²) in [4.78, 5) is 23.2. The van der Waals surface area contributed by atoms with Crippen molar-refractivity contribution in [3.63, 3.8) is 0 Å². The van der Waals surface area contributed by atoms with Gasteiger partial charge in [0, 0.05) is 6.04 Å². The first-order chi connectivity index (χ1) is 10.0. The Morgan fingerprint density at radius 2 is 2.14 bits per heavy atom. The third-order valence-electron chi connectivity index (χ3n) is 3.43. The number of ether oxygens (including phenoxy) is 2. The third kappa shape index (κ3) is 4.46. The van der Waals surface area contributed by atoms with Crippen molar-refractivity contribution in [3.05, 3.63) is 28.2 Å². The maximum Gasteiger partial charge on any atom is 0.337 e. The summed E-state index contributed by atoms with van der Waals surface area (Å²) >= 11 is 3.31. The average molecular weight is 356 g/mol. The fourth-order valence-electron chi connectivity index (χ4n) is 2.02. The molecule has 1 aromatic rings. The molecule has 1 atom stereocenters. The molecule has 0 bridgehead atoms. The Morgan fingerprint density at radius 3 is 2.71 bits per heavy atom. The number of carbonyl (C=O) groups is 2. The van der Waals surface area contributed by atoms with Gasteiger partial charge in [-0.1, -0.05) is 0 Å². The molecular weight excluding hydrogens is 338 g/mol. The first-order valence-electron chi connectivity index (χ1n) is 6.81. The Balaban J connectivity index is 1.87. The molecule has 0 aliphatic heterocycles. The number of carbonyl (C=O) groups excluding carboxylic acids is 2. The van der Waals surface area contributed by atoms with E-state index in [9.17, 15) is 9.59 Å². The largest absolute Gasteiger partial charge is 0.483 e. The summed E-state index contributed by atoms with van der Waals surface area (Å²) in [6.45, 7) is 1.96. The Morgan fingerprint density at radius 1 is 1.43 bits per heavy atom. The highest BCUT2D eigenvalue weighted by atomic mass is 79.9. The highest BCUT2D eigenvalue weighted by molar-refractivity contribution is 9.10. The van der Waals surface area contributed by atoms with Crippen molar-refractivity contribution in [1.29, 1.82) is 0 Å². The van der Waals surface area contributed by atoms with Crippen LogP contribution in [0.4, 0.5) is 0 Å². The Bertz CT molecular complexity index is 542. The van der Waals surface area contributed by atoms with Gasteiger partial charge in [0.15, 0.2) is 6.61 Å². The Kier molecular flexibility index (Phi) is 5.22. The maximum atomic E-state index is 11.8. The van der Waals surface area contributed by atoms with E-state index in [0.29, 0.717) is 21.7 Å². The van der Waals surface area contributed by atoms with Crippen molar-refractivity contribution in [2.45, 2.75) is 25.8 Å². The smallest absolute Gasteiger partial charge is 0.337 e. The molecule has 1 saturated carbocycles. The van der Waals surface area contributed by atoms with Crippen LogP contribution in [0.3, 0.4) is 0 Å². The SMILES string of the molecule is COC(=O)c1ccc(OCC(=O)N[C@H](C)C2CC2)c(Br)c1. The number of nitrogens with one attached hydrogen (secondary N) is 1. The molecule has 0 heterocycles. The lowest BCUT2D eigenvalue weighted by Gasteiger charge is -2.14. The summed E-state index contributed by atoms with van der Waals surface area (Å²) in [5, 5.41) is 2.92.